The second-order valence-corrected chi connectivity index (χ2v) is 11.8. The van der Waals surface area contributed by atoms with Gasteiger partial charge >= 0.3 is 0 Å². The van der Waals surface area contributed by atoms with Crippen LogP contribution in [-0.2, 0) is 5.41 Å². The number of rotatable bonds is 5. The molecule has 3 heterocycles. The van der Waals surface area contributed by atoms with E-state index in [0.29, 0.717) is 0 Å². The fourth-order valence-electron chi connectivity index (χ4n) is 7.47. The summed E-state index contributed by atoms with van der Waals surface area (Å²) < 4.78 is 2.36. The van der Waals surface area contributed by atoms with Gasteiger partial charge in [0.1, 0.15) is 5.82 Å². The van der Waals surface area contributed by atoms with Gasteiger partial charge in [0.25, 0.3) is 0 Å². The smallest absolute Gasteiger partial charge is 0.147 e. The molecule has 3 nitrogen and oxygen atoms in total. The van der Waals surface area contributed by atoms with Gasteiger partial charge in [-0.3, -0.25) is 9.55 Å². The second kappa shape index (κ2) is 10.5. The molecule has 1 aliphatic heterocycles. The molecular weight excluding hydrogens is 558 g/mol. The fourth-order valence-corrected chi connectivity index (χ4v) is 7.47. The predicted octanol–water partition coefficient (Wildman–Crippen LogP) is 10.1. The van der Waals surface area contributed by atoms with Gasteiger partial charge in [0.2, 0.25) is 0 Å². The van der Waals surface area contributed by atoms with E-state index < -0.39 is 5.41 Å². The Bertz CT molecular complexity index is 2300. The highest BCUT2D eigenvalue weighted by molar-refractivity contribution is 5.94. The summed E-state index contributed by atoms with van der Waals surface area (Å²) in [7, 11) is 0. The Kier molecular flexibility index (Phi) is 6.04. The quantitative estimate of drug-likeness (QED) is 0.201. The third-order valence-corrected chi connectivity index (χ3v) is 9.38. The van der Waals surface area contributed by atoms with Crippen molar-refractivity contribution in [3.63, 3.8) is 0 Å². The molecule has 216 valence electrons. The van der Waals surface area contributed by atoms with Crippen LogP contribution in [0.1, 0.15) is 22.3 Å². The molecule has 1 aliphatic rings. The summed E-state index contributed by atoms with van der Waals surface area (Å²) in [6.45, 7) is 0. The molecule has 3 heteroatoms. The summed E-state index contributed by atoms with van der Waals surface area (Å²) in [6.07, 6.45) is 3.72. The van der Waals surface area contributed by atoms with Crippen molar-refractivity contribution < 1.29 is 0 Å². The van der Waals surface area contributed by atoms with Crippen LogP contribution in [0.2, 0.25) is 0 Å². The van der Waals surface area contributed by atoms with Crippen LogP contribution in [0, 0.1) is 0 Å². The highest BCUT2D eigenvalue weighted by Gasteiger charge is 2.45. The molecule has 0 N–H and O–H groups in total. The summed E-state index contributed by atoms with van der Waals surface area (Å²) in [4.78, 5) is 9.73. The van der Waals surface area contributed by atoms with Gasteiger partial charge < -0.3 is 0 Å². The van der Waals surface area contributed by atoms with Gasteiger partial charge in [0.15, 0.2) is 0 Å². The largest absolute Gasteiger partial charge is 0.292 e. The first kappa shape index (κ1) is 26.4. The Morgan fingerprint density at radius 1 is 0.478 bits per heavy atom. The zero-order chi connectivity index (χ0) is 30.5. The van der Waals surface area contributed by atoms with Crippen molar-refractivity contribution in [2.24, 2.45) is 0 Å². The lowest BCUT2D eigenvalue weighted by Gasteiger charge is -2.42. The van der Waals surface area contributed by atoms with Crippen LogP contribution in [0.4, 0.5) is 0 Å². The average Bonchev–Trinajstić information content (AvgIpc) is 3.54. The maximum absolute atomic E-state index is 5.26. The van der Waals surface area contributed by atoms with E-state index in [1.807, 2.05) is 18.5 Å². The summed E-state index contributed by atoms with van der Waals surface area (Å²) in [6, 6.07) is 58.9. The van der Waals surface area contributed by atoms with Crippen molar-refractivity contribution in [1.29, 1.82) is 0 Å². The van der Waals surface area contributed by atoms with E-state index in [-0.39, 0.29) is 0 Å². The van der Waals surface area contributed by atoms with Gasteiger partial charge in [-0.2, -0.15) is 0 Å². The van der Waals surface area contributed by atoms with Crippen LogP contribution in [0.25, 0.3) is 50.4 Å². The number of nitrogens with zero attached hydrogens (tertiary/aromatic N) is 3. The molecule has 2 aromatic heterocycles. The molecule has 0 saturated carbocycles. The zero-order valence-corrected chi connectivity index (χ0v) is 25.1. The Labute approximate surface area is 268 Å². The molecule has 0 amide bonds. The Hall–Kier alpha value is -6.06. The number of pyridine rings is 1. The molecule has 0 aliphatic carbocycles. The van der Waals surface area contributed by atoms with Gasteiger partial charge in [-0.25, -0.2) is 4.98 Å². The second-order valence-electron chi connectivity index (χ2n) is 11.8. The van der Waals surface area contributed by atoms with Crippen LogP contribution >= 0.6 is 0 Å². The third kappa shape index (κ3) is 3.85. The third-order valence-electron chi connectivity index (χ3n) is 9.38. The van der Waals surface area contributed by atoms with Crippen molar-refractivity contribution >= 4 is 11.0 Å². The molecule has 46 heavy (non-hydrogen) atoms. The predicted molar refractivity (Wildman–Crippen MR) is 187 cm³/mol. The molecule has 0 bridgehead atoms. The Morgan fingerprint density at radius 3 is 1.78 bits per heavy atom. The summed E-state index contributed by atoms with van der Waals surface area (Å²) >= 11 is 0. The van der Waals surface area contributed by atoms with E-state index in [4.69, 9.17) is 4.98 Å². The van der Waals surface area contributed by atoms with E-state index in [1.54, 1.807) is 0 Å². The van der Waals surface area contributed by atoms with Crippen molar-refractivity contribution in [2.45, 2.75) is 5.41 Å². The van der Waals surface area contributed by atoms with Crippen LogP contribution in [0.5, 0.6) is 0 Å². The van der Waals surface area contributed by atoms with Crippen molar-refractivity contribution in [3.05, 3.63) is 198 Å². The summed E-state index contributed by atoms with van der Waals surface area (Å²) in [5.41, 5.74) is 13.3. The average molecular weight is 588 g/mol. The number of fused-ring (bicyclic) bond motifs is 2. The number of benzene rings is 6. The SMILES string of the molecule is c1ccc(-c2ccccc2-c2ccc3c(c2)C(c2ccccc2)(c2ccccc2)c2cccc4nc(-c5cccnc5)n-3c24)cc1. The van der Waals surface area contributed by atoms with Crippen LogP contribution < -0.4 is 0 Å². The summed E-state index contributed by atoms with van der Waals surface area (Å²) in [5, 5.41) is 0. The number of hydrogen-bond donors (Lipinski definition) is 0. The maximum atomic E-state index is 5.26. The van der Waals surface area contributed by atoms with E-state index in [1.165, 1.54) is 44.5 Å². The number of aromatic nitrogens is 3. The Morgan fingerprint density at radius 2 is 1.11 bits per heavy atom. The Balaban J connectivity index is 1.44. The lowest BCUT2D eigenvalue weighted by atomic mass is 9.63. The van der Waals surface area contributed by atoms with Crippen molar-refractivity contribution in [2.75, 3.05) is 0 Å². The van der Waals surface area contributed by atoms with Crippen molar-refractivity contribution in [1.82, 2.24) is 14.5 Å². The summed E-state index contributed by atoms with van der Waals surface area (Å²) in [5.74, 6) is 0.893. The van der Waals surface area contributed by atoms with Gasteiger partial charge in [-0.1, -0.05) is 133 Å². The molecule has 0 spiro atoms. The first-order valence-corrected chi connectivity index (χ1v) is 15.7. The molecule has 0 radical (unpaired) electrons. The van der Waals surface area contributed by atoms with E-state index in [0.717, 1.165) is 28.1 Å². The van der Waals surface area contributed by atoms with Crippen LogP contribution in [-0.4, -0.2) is 14.5 Å². The van der Waals surface area contributed by atoms with Gasteiger partial charge in [-0.15, -0.1) is 0 Å². The highest BCUT2D eigenvalue weighted by atomic mass is 15.1. The van der Waals surface area contributed by atoms with Gasteiger partial charge in [-0.05, 0) is 74.8 Å². The van der Waals surface area contributed by atoms with Crippen LogP contribution in [0.15, 0.2) is 176 Å². The van der Waals surface area contributed by atoms with E-state index in [9.17, 15) is 0 Å². The molecule has 8 aromatic rings. The molecule has 9 rings (SSSR count). The van der Waals surface area contributed by atoms with Crippen molar-refractivity contribution in [3.8, 4) is 39.3 Å². The number of imidazole rings is 1. The molecule has 6 aromatic carbocycles. The van der Waals surface area contributed by atoms with Gasteiger partial charge in [0.05, 0.1) is 22.1 Å². The minimum atomic E-state index is -0.586. The topological polar surface area (TPSA) is 30.7 Å². The lowest BCUT2D eigenvalue weighted by Crippen LogP contribution is -2.35. The minimum Gasteiger partial charge on any atom is -0.292 e. The maximum Gasteiger partial charge on any atom is 0.147 e. The first-order valence-electron chi connectivity index (χ1n) is 15.7. The van der Waals surface area contributed by atoms with E-state index >= 15 is 0 Å². The standard InChI is InChI=1S/C43H29N3/c1-4-14-30(15-5-1)35-21-10-11-22-36(35)31-25-26-40-38(28-31)43(33-17-6-2-7-18-33,34-19-8-3-9-20-34)37-23-12-24-39-41(37)46(40)42(45-39)32-16-13-27-44-29-32/h1-29H. The molecular formula is C43H29N3. The highest BCUT2D eigenvalue weighted by Crippen LogP contribution is 2.54. The number of hydrogen-bond acceptors (Lipinski definition) is 2. The normalized spacial score (nSPS) is 13.0. The monoisotopic (exact) mass is 587 g/mol. The molecule has 0 saturated heterocycles. The van der Waals surface area contributed by atoms with Crippen LogP contribution in [0.3, 0.4) is 0 Å². The molecule has 0 fully saturated rings. The molecule has 0 unspecified atom stereocenters. The molecule has 0 atom stereocenters. The van der Waals surface area contributed by atoms with E-state index in [2.05, 4.69) is 167 Å². The van der Waals surface area contributed by atoms with Gasteiger partial charge in [0, 0.05) is 18.0 Å². The zero-order valence-electron chi connectivity index (χ0n) is 25.1. The first-order chi connectivity index (χ1) is 22.8. The number of para-hydroxylation sites is 1. The minimum absolute atomic E-state index is 0.586. The fraction of sp³-hybridized carbons (Fsp3) is 0.0233. The lowest BCUT2D eigenvalue weighted by molar-refractivity contribution is 0.726.